The van der Waals surface area contributed by atoms with Crippen molar-refractivity contribution in [2.75, 3.05) is 6.54 Å². The lowest BCUT2D eigenvalue weighted by Gasteiger charge is -2.12. The van der Waals surface area contributed by atoms with Crippen LogP contribution in [0.1, 0.15) is 18.4 Å². The Hall–Kier alpha value is -1.22. The normalized spacial score (nSPS) is 18.5. The predicted molar refractivity (Wildman–Crippen MR) is 83.7 cm³/mol. The van der Waals surface area contributed by atoms with Crippen molar-refractivity contribution in [2.24, 2.45) is 5.73 Å². The van der Waals surface area contributed by atoms with Gasteiger partial charge in [-0.25, -0.2) is 13.1 Å². The molecule has 6 nitrogen and oxygen atoms in total. The molecule has 1 aromatic rings. The van der Waals surface area contributed by atoms with Crippen LogP contribution in [0.4, 0.5) is 0 Å². The van der Waals surface area contributed by atoms with Crippen LogP contribution < -0.4 is 15.8 Å². The molecule has 1 aromatic carbocycles. The summed E-state index contributed by atoms with van der Waals surface area (Å²) in [5.41, 5.74) is 5.89. The van der Waals surface area contributed by atoms with Crippen molar-refractivity contribution < 1.29 is 13.2 Å². The molecule has 0 aromatic heterocycles. The zero-order valence-corrected chi connectivity index (χ0v) is 13.3. The fraction of sp³-hybridized carbons (Fsp3) is 0.333. The topological polar surface area (TPSA) is 101 Å². The minimum absolute atomic E-state index is 0.0248. The van der Waals surface area contributed by atoms with Gasteiger partial charge in [0.05, 0.1) is 9.92 Å². The third-order valence-electron chi connectivity index (χ3n) is 3.12. The number of thiocarbonyl (C=S) groups is 1. The van der Waals surface area contributed by atoms with Crippen LogP contribution in [-0.2, 0) is 14.8 Å². The molecule has 2 rings (SSSR count). The van der Waals surface area contributed by atoms with E-state index in [1.165, 1.54) is 18.2 Å². The summed E-state index contributed by atoms with van der Waals surface area (Å²) in [7, 11) is -3.70. The molecule has 1 amide bonds. The third kappa shape index (κ3) is 3.91. The second-order valence-electron chi connectivity index (χ2n) is 4.66. The first-order chi connectivity index (χ1) is 9.79. The van der Waals surface area contributed by atoms with E-state index in [-0.39, 0.29) is 33.4 Å². The Balaban J connectivity index is 2.10. The quantitative estimate of drug-likeness (QED) is 0.674. The van der Waals surface area contributed by atoms with Crippen molar-refractivity contribution in [1.82, 2.24) is 10.0 Å². The van der Waals surface area contributed by atoms with Crippen LogP contribution in [0.25, 0.3) is 0 Å². The first kappa shape index (κ1) is 16.2. The number of hydrogen-bond acceptors (Lipinski definition) is 4. The standard InChI is InChI=1S/C12H14ClN3O3S2/c13-10-5-8(2-3-9(10)12(14)20)21(18,19)15-6-7-1-4-11(17)16-7/h2-3,5,7,15H,1,4,6H2,(H2,14,20)(H,16,17). The van der Waals surface area contributed by atoms with Crippen LogP contribution >= 0.6 is 23.8 Å². The van der Waals surface area contributed by atoms with Crippen molar-refractivity contribution in [3.05, 3.63) is 28.8 Å². The number of nitrogens with one attached hydrogen (secondary N) is 2. The van der Waals surface area contributed by atoms with Crippen molar-refractivity contribution in [3.8, 4) is 0 Å². The Morgan fingerprint density at radius 1 is 1.52 bits per heavy atom. The van der Waals surface area contributed by atoms with Gasteiger partial charge in [-0.1, -0.05) is 23.8 Å². The van der Waals surface area contributed by atoms with Gasteiger partial charge in [0, 0.05) is 24.6 Å². The molecule has 0 spiro atoms. The van der Waals surface area contributed by atoms with Gasteiger partial charge in [0.25, 0.3) is 0 Å². The van der Waals surface area contributed by atoms with Crippen molar-refractivity contribution in [3.63, 3.8) is 0 Å². The lowest BCUT2D eigenvalue weighted by molar-refractivity contribution is -0.119. The maximum Gasteiger partial charge on any atom is 0.240 e. The second kappa shape index (κ2) is 6.27. The second-order valence-corrected chi connectivity index (χ2v) is 7.27. The van der Waals surface area contributed by atoms with E-state index in [0.717, 1.165) is 0 Å². The zero-order chi connectivity index (χ0) is 15.6. The van der Waals surface area contributed by atoms with Crippen molar-refractivity contribution in [1.29, 1.82) is 0 Å². The molecular weight excluding hydrogens is 334 g/mol. The van der Waals surface area contributed by atoms with E-state index < -0.39 is 10.0 Å². The predicted octanol–water partition coefficient (Wildman–Crippen LogP) is 0.531. The highest BCUT2D eigenvalue weighted by molar-refractivity contribution is 7.89. The van der Waals surface area contributed by atoms with E-state index in [1.807, 2.05) is 0 Å². The van der Waals surface area contributed by atoms with Crippen LogP contribution in [-0.4, -0.2) is 31.9 Å². The lowest BCUT2D eigenvalue weighted by atomic mass is 10.2. The van der Waals surface area contributed by atoms with Crippen LogP contribution in [0, 0.1) is 0 Å². The van der Waals surface area contributed by atoms with E-state index in [0.29, 0.717) is 18.4 Å². The van der Waals surface area contributed by atoms with Gasteiger partial charge in [0.15, 0.2) is 0 Å². The van der Waals surface area contributed by atoms with E-state index >= 15 is 0 Å². The highest BCUT2D eigenvalue weighted by Gasteiger charge is 2.23. The third-order valence-corrected chi connectivity index (χ3v) is 5.07. The number of rotatable bonds is 5. The van der Waals surface area contributed by atoms with Gasteiger partial charge in [-0.2, -0.15) is 0 Å². The molecule has 9 heteroatoms. The fourth-order valence-corrected chi connectivity index (χ4v) is 3.68. The summed E-state index contributed by atoms with van der Waals surface area (Å²) in [6.45, 7) is 0.142. The molecule has 0 aliphatic carbocycles. The van der Waals surface area contributed by atoms with E-state index in [1.54, 1.807) is 0 Å². The number of benzene rings is 1. The minimum atomic E-state index is -3.70. The van der Waals surface area contributed by atoms with Crippen LogP contribution in [0.3, 0.4) is 0 Å². The monoisotopic (exact) mass is 347 g/mol. The summed E-state index contributed by atoms with van der Waals surface area (Å²) in [5, 5.41) is 2.87. The van der Waals surface area contributed by atoms with Crippen LogP contribution in [0.2, 0.25) is 5.02 Å². The first-order valence-corrected chi connectivity index (χ1v) is 8.45. The molecule has 21 heavy (non-hydrogen) atoms. The summed E-state index contributed by atoms with van der Waals surface area (Å²) in [4.78, 5) is 11.2. The summed E-state index contributed by atoms with van der Waals surface area (Å²) in [6, 6.07) is 3.97. The van der Waals surface area contributed by atoms with Gasteiger partial charge in [-0.3, -0.25) is 4.79 Å². The average molecular weight is 348 g/mol. The maximum absolute atomic E-state index is 12.2. The molecule has 1 saturated heterocycles. The Morgan fingerprint density at radius 3 is 2.76 bits per heavy atom. The first-order valence-electron chi connectivity index (χ1n) is 6.18. The van der Waals surface area contributed by atoms with E-state index in [2.05, 4.69) is 10.0 Å². The number of hydrogen-bond donors (Lipinski definition) is 3. The Labute approximate surface area is 133 Å². The van der Waals surface area contributed by atoms with Gasteiger partial charge >= 0.3 is 0 Å². The number of halogens is 1. The lowest BCUT2D eigenvalue weighted by Crippen LogP contribution is -2.38. The molecule has 1 fully saturated rings. The molecule has 1 heterocycles. The van der Waals surface area contributed by atoms with E-state index in [9.17, 15) is 13.2 Å². The van der Waals surface area contributed by atoms with Crippen LogP contribution in [0.15, 0.2) is 23.1 Å². The van der Waals surface area contributed by atoms with Crippen molar-refractivity contribution in [2.45, 2.75) is 23.8 Å². The number of sulfonamides is 1. The molecule has 1 aliphatic heterocycles. The highest BCUT2D eigenvalue weighted by atomic mass is 35.5. The number of nitrogens with two attached hydrogens (primary N) is 1. The smallest absolute Gasteiger partial charge is 0.240 e. The molecule has 1 atom stereocenters. The minimum Gasteiger partial charge on any atom is -0.389 e. The average Bonchev–Trinajstić information content (AvgIpc) is 2.82. The fourth-order valence-electron chi connectivity index (χ4n) is 1.99. The molecule has 1 unspecified atom stereocenters. The SMILES string of the molecule is NC(=S)c1ccc(S(=O)(=O)NCC2CCC(=O)N2)cc1Cl. The highest BCUT2D eigenvalue weighted by Crippen LogP contribution is 2.21. The van der Waals surface area contributed by atoms with E-state index in [4.69, 9.17) is 29.6 Å². The van der Waals surface area contributed by atoms with Gasteiger partial charge < -0.3 is 11.1 Å². The zero-order valence-electron chi connectivity index (χ0n) is 10.9. The maximum atomic E-state index is 12.2. The molecule has 1 aliphatic rings. The Bertz CT molecular complexity index is 691. The molecular formula is C12H14ClN3O3S2. The van der Waals surface area contributed by atoms with Crippen molar-refractivity contribution >= 4 is 44.7 Å². The molecule has 0 radical (unpaired) electrons. The van der Waals surface area contributed by atoms with Gasteiger partial charge in [0.1, 0.15) is 4.99 Å². The summed E-state index contributed by atoms with van der Waals surface area (Å²) in [5.74, 6) is -0.0666. The number of carbonyl (C=O) groups is 1. The van der Waals surface area contributed by atoms with Gasteiger partial charge in [-0.15, -0.1) is 0 Å². The largest absolute Gasteiger partial charge is 0.389 e. The van der Waals surface area contributed by atoms with Crippen LogP contribution in [0.5, 0.6) is 0 Å². The molecule has 114 valence electrons. The molecule has 4 N–H and O–H groups in total. The number of amides is 1. The summed E-state index contributed by atoms with van der Waals surface area (Å²) < 4.78 is 26.8. The van der Waals surface area contributed by atoms with Gasteiger partial charge in [-0.05, 0) is 24.6 Å². The molecule has 0 saturated carbocycles. The molecule has 0 bridgehead atoms. The summed E-state index contributed by atoms with van der Waals surface area (Å²) >= 11 is 10.8. The summed E-state index contributed by atoms with van der Waals surface area (Å²) in [6.07, 6.45) is 1.03. The Kier molecular flexibility index (Phi) is 4.82. The number of carbonyl (C=O) groups excluding carboxylic acids is 1. The van der Waals surface area contributed by atoms with Gasteiger partial charge in [0.2, 0.25) is 15.9 Å². The Morgan fingerprint density at radius 2 is 2.24 bits per heavy atom.